The minimum Gasteiger partial charge on any atom is -0.456 e. The van der Waals surface area contributed by atoms with Crippen molar-refractivity contribution in [2.45, 2.75) is 0 Å². The van der Waals surface area contributed by atoms with Gasteiger partial charge >= 0.3 is 0 Å². The summed E-state index contributed by atoms with van der Waals surface area (Å²) in [5, 5.41) is 4.35. The zero-order valence-electron chi connectivity index (χ0n) is 25.6. The monoisotopic (exact) mass is 615 g/mol. The normalized spacial score (nSPS) is 11.9. The summed E-state index contributed by atoms with van der Waals surface area (Å²) >= 11 is 0. The van der Waals surface area contributed by atoms with Crippen LogP contribution < -0.4 is 4.74 Å². The van der Waals surface area contributed by atoms with E-state index in [0.717, 1.165) is 72.0 Å². The van der Waals surface area contributed by atoms with E-state index in [4.69, 9.17) is 24.1 Å². The fourth-order valence-electron chi connectivity index (χ4n) is 6.86. The molecule has 0 unspecified atom stereocenters. The van der Waals surface area contributed by atoms with Gasteiger partial charge in [0, 0.05) is 38.4 Å². The van der Waals surface area contributed by atoms with Gasteiger partial charge in [0.2, 0.25) is 0 Å². The van der Waals surface area contributed by atoms with Crippen molar-refractivity contribution >= 4 is 32.7 Å². The molecule has 1 aliphatic rings. The number of nitrogens with zero attached hydrogens (tertiary/aromatic N) is 3. The van der Waals surface area contributed by atoms with Gasteiger partial charge in [0.1, 0.15) is 22.7 Å². The molecule has 224 valence electrons. The first-order valence-corrected chi connectivity index (χ1v) is 15.9. The Labute approximate surface area is 275 Å². The lowest BCUT2D eigenvalue weighted by molar-refractivity contribution is 0.487. The smallest absolute Gasteiger partial charge is 0.164 e. The molecule has 7 aromatic carbocycles. The maximum Gasteiger partial charge on any atom is 0.164 e. The quantitative estimate of drug-likeness (QED) is 0.197. The van der Waals surface area contributed by atoms with Crippen molar-refractivity contribution in [1.82, 2.24) is 15.0 Å². The number of rotatable bonds is 4. The highest BCUT2D eigenvalue weighted by atomic mass is 16.5. The average molecular weight is 616 g/mol. The molecule has 0 aliphatic carbocycles. The van der Waals surface area contributed by atoms with Gasteiger partial charge in [-0.3, -0.25) is 0 Å². The van der Waals surface area contributed by atoms with Gasteiger partial charge in [-0.2, -0.15) is 0 Å². The second-order valence-corrected chi connectivity index (χ2v) is 12.0. The van der Waals surface area contributed by atoms with Gasteiger partial charge in [0.05, 0.1) is 0 Å². The van der Waals surface area contributed by atoms with E-state index in [1.54, 1.807) is 0 Å². The number of hydrogen-bond acceptors (Lipinski definition) is 5. The van der Waals surface area contributed by atoms with Crippen LogP contribution in [-0.4, -0.2) is 15.0 Å². The summed E-state index contributed by atoms with van der Waals surface area (Å²) in [7, 11) is 0. The molecule has 10 rings (SSSR count). The van der Waals surface area contributed by atoms with Gasteiger partial charge in [0.25, 0.3) is 0 Å². The van der Waals surface area contributed by atoms with E-state index in [1.165, 1.54) is 11.1 Å². The summed E-state index contributed by atoms with van der Waals surface area (Å²) in [5.74, 6) is 3.47. The molecule has 0 amide bonds. The van der Waals surface area contributed by atoms with Gasteiger partial charge in [-0.25, -0.2) is 15.0 Å². The molecule has 0 atom stereocenters. The molecule has 1 aliphatic heterocycles. The van der Waals surface area contributed by atoms with Crippen LogP contribution in [0, 0.1) is 0 Å². The average Bonchev–Trinajstić information content (AvgIpc) is 3.53. The summed E-state index contributed by atoms with van der Waals surface area (Å²) in [4.78, 5) is 15.1. The highest BCUT2D eigenvalue weighted by Crippen LogP contribution is 2.49. The number of para-hydroxylation sites is 1. The molecule has 5 nitrogen and oxygen atoms in total. The molecule has 0 spiro atoms. The first kappa shape index (κ1) is 26.6. The molecular formula is C43H25N3O2. The molecule has 0 radical (unpaired) electrons. The summed E-state index contributed by atoms with van der Waals surface area (Å²) in [6, 6.07) is 51.6. The Bertz CT molecular complexity index is 2700. The second-order valence-electron chi connectivity index (χ2n) is 12.0. The van der Waals surface area contributed by atoms with Gasteiger partial charge in [0.15, 0.2) is 17.5 Å². The number of fused-ring (bicyclic) bond motifs is 5. The number of aromatic nitrogens is 3. The van der Waals surface area contributed by atoms with Crippen LogP contribution in [0.1, 0.15) is 0 Å². The Hall–Kier alpha value is -6.59. The van der Waals surface area contributed by atoms with Crippen molar-refractivity contribution in [2.24, 2.45) is 0 Å². The molecule has 2 aromatic heterocycles. The highest BCUT2D eigenvalue weighted by molar-refractivity contribution is 6.10. The Morgan fingerprint density at radius 3 is 1.79 bits per heavy atom. The van der Waals surface area contributed by atoms with E-state index in [0.29, 0.717) is 17.5 Å². The third-order valence-electron chi connectivity index (χ3n) is 9.14. The van der Waals surface area contributed by atoms with Gasteiger partial charge in [-0.15, -0.1) is 0 Å². The molecule has 0 saturated carbocycles. The van der Waals surface area contributed by atoms with E-state index >= 15 is 0 Å². The van der Waals surface area contributed by atoms with Crippen LogP contribution in [0.3, 0.4) is 0 Å². The largest absolute Gasteiger partial charge is 0.456 e. The van der Waals surface area contributed by atoms with E-state index in [-0.39, 0.29) is 0 Å². The Morgan fingerprint density at radius 1 is 0.354 bits per heavy atom. The van der Waals surface area contributed by atoms with Crippen molar-refractivity contribution in [3.63, 3.8) is 0 Å². The van der Waals surface area contributed by atoms with Crippen LogP contribution in [0.25, 0.3) is 89.1 Å². The van der Waals surface area contributed by atoms with Crippen LogP contribution in [0.2, 0.25) is 0 Å². The van der Waals surface area contributed by atoms with Crippen molar-refractivity contribution < 1.29 is 9.15 Å². The molecule has 0 N–H and O–H groups in total. The summed E-state index contributed by atoms with van der Waals surface area (Å²) < 4.78 is 12.6. The Kier molecular flexibility index (Phi) is 5.81. The Balaban J connectivity index is 1.15. The topological polar surface area (TPSA) is 61.0 Å². The highest BCUT2D eigenvalue weighted by Gasteiger charge is 2.23. The fraction of sp³-hybridized carbons (Fsp3) is 0. The van der Waals surface area contributed by atoms with Gasteiger partial charge < -0.3 is 9.15 Å². The van der Waals surface area contributed by atoms with Crippen molar-refractivity contribution in [1.29, 1.82) is 0 Å². The molecule has 48 heavy (non-hydrogen) atoms. The summed E-state index contributed by atoms with van der Waals surface area (Å²) in [6.07, 6.45) is 0. The SMILES string of the molecule is c1ccc(-c2nc(-c3ccc4c(c3)-c3cccc5c(-c6ccccc6)ccc(c35)O4)nc(-c3ccc4oc5ccccc5c4c3)n2)cc1. The third-order valence-corrected chi connectivity index (χ3v) is 9.14. The lowest BCUT2D eigenvalue weighted by Crippen LogP contribution is -2.02. The standard InChI is InChI=1S/C43H25N3O2/c1-3-10-26(11-4-1)30-20-23-39-40-32(30)15-9-16-33(40)35-25-29(19-22-38(35)48-39)43-45-41(27-12-5-2-6-13-27)44-42(46-43)28-18-21-37-34(24-28)31-14-7-8-17-36(31)47-37/h1-25H. The van der Waals surface area contributed by atoms with Crippen LogP contribution in [0.5, 0.6) is 11.5 Å². The minimum absolute atomic E-state index is 0.592. The van der Waals surface area contributed by atoms with Crippen LogP contribution in [0.15, 0.2) is 156 Å². The molecule has 3 heterocycles. The molecule has 0 fully saturated rings. The first-order valence-electron chi connectivity index (χ1n) is 15.9. The zero-order valence-corrected chi connectivity index (χ0v) is 25.6. The maximum absolute atomic E-state index is 6.52. The molecule has 0 saturated heterocycles. The third kappa shape index (κ3) is 4.22. The van der Waals surface area contributed by atoms with Crippen molar-refractivity contribution in [2.75, 3.05) is 0 Å². The van der Waals surface area contributed by atoms with Gasteiger partial charge in [-0.1, -0.05) is 103 Å². The summed E-state index contributed by atoms with van der Waals surface area (Å²) in [5.41, 5.74) is 8.86. The lowest BCUT2D eigenvalue weighted by atomic mass is 9.90. The second kappa shape index (κ2) is 10.5. The van der Waals surface area contributed by atoms with Crippen LogP contribution in [-0.2, 0) is 0 Å². The number of benzene rings is 7. The predicted octanol–water partition coefficient (Wildman–Crippen LogP) is 11.4. The zero-order chi connectivity index (χ0) is 31.6. The molecule has 0 bridgehead atoms. The van der Waals surface area contributed by atoms with Crippen LogP contribution in [0.4, 0.5) is 0 Å². The Morgan fingerprint density at radius 2 is 0.979 bits per heavy atom. The molecule has 5 heteroatoms. The first-order chi connectivity index (χ1) is 23.8. The van der Waals surface area contributed by atoms with E-state index in [9.17, 15) is 0 Å². The molecular weight excluding hydrogens is 590 g/mol. The van der Waals surface area contributed by atoms with Crippen LogP contribution >= 0.6 is 0 Å². The summed E-state index contributed by atoms with van der Waals surface area (Å²) in [6.45, 7) is 0. The number of furan rings is 1. The van der Waals surface area contributed by atoms with E-state index in [2.05, 4.69) is 72.8 Å². The van der Waals surface area contributed by atoms with Crippen molar-refractivity contribution in [3.05, 3.63) is 152 Å². The number of hydrogen-bond donors (Lipinski definition) is 0. The fourth-order valence-corrected chi connectivity index (χ4v) is 6.86. The molecule has 9 aromatic rings. The predicted molar refractivity (Wildman–Crippen MR) is 192 cm³/mol. The van der Waals surface area contributed by atoms with E-state index < -0.39 is 0 Å². The lowest BCUT2D eigenvalue weighted by Gasteiger charge is -2.23. The number of ether oxygens (including phenoxy) is 1. The maximum atomic E-state index is 6.52. The van der Waals surface area contributed by atoms with E-state index in [1.807, 2.05) is 78.9 Å². The van der Waals surface area contributed by atoms with Crippen molar-refractivity contribution in [3.8, 4) is 67.9 Å². The minimum atomic E-state index is 0.592. The van der Waals surface area contributed by atoms with Gasteiger partial charge in [-0.05, 0) is 70.6 Å².